The van der Waals surface area contributed by atoms with E-state index in [2.05, 4.69) is 39.8 Å². The lowest BCUT2D eigenvalue weighted by molar-refractivity contribution is 0.249. The maximum Gasteiger partial charge on any atom is -0.0320 e. The highest BCUT2D eigenvalue weighted by Crippen LogP contribution is 2.31. The van der Waals surface area contributed by atoms with E-state index in [1.807, 2.05) is 0 Å². The van der Waals surface area contributed by atoms with Crippen LogP contribution in [0.4, 0.5) is 0 Å². The van der Waals surface area contributed by atoms with Gasteiger partial charge in [0.25, 0.3) is 0 Å². The van der Waals surface area contributed by atoms with Crippen molar-refractivity contribution in [3.05, 3.63) is 12.2 Å². The summed E-state index contributed by atoms with van der Waals surface area (Å²) in [6.45, 7) is 9.39. The molecular weight excluding hydrogens is 216 g/mol. The van der Waals surface area contributed by atoms with E-state index in [0.29, 0.717) is 0 Å². The van der Waals surface area contributed by atoms with Crippen molar-refractivity contribution < 1.29 is 0 Å². The zero-order valence-corrected chi connectivity index (χ0v) is 13.1. The van der Waals surface area contributed by atoms with Crippen LogP contribution in [0.2, 0.25) is 0 Å². The predicted octanol–water partition coefficient (Wildman–Crippen LogP) is 6.22. The molecule has 2 aliphatic carbocycles. The molecule has 4 unspecified atom stereocenters. The topological polar surface area (TPSA) is 0 Å². The molecule has 0 bridgehead atoms. The van der Waals surface area contributed by atoms with E-state index in [0.717, 1.165) is 23.7 Å². The van der Waals surface area contributed by atoms with Crippen LogP contribution in [0, 0.1) is 23.7 Å². The lowest BCUT2D eigenvalue weighted by Gasteiger charge is -2.27. The molecule has 0 aromatic heterocycles. The second-order valence-corrected chi connectivity index (χ2v) is 6.52. The number of hydrogen-bond acceptors (Lipinski definition) is 0. The smallest absolute Gasteiger partial charge is 0.0320 e. The zero-order chi connectivity index (χ0) is 13.4. The summed E-state index contributed by atoms with van der Waals surface area (Å²) < 4.78 is 0. The zero-order valence-electron chi connectivity index (χ0n) is 13.1. The first-order valence-corrected chi connectivity index (χ1v) is 8.33. The summed E-state index contributed by atoms with van der Waals surface area (Å²) in [5, 5.41) is 0. The lowest BCUT2D eigenvalue weighted by atomic mass is 9.79. The van der Waals surface area contributed by atoms with E-state index < -0.39 is 0 Å². The highest BCUT2D eigenvalue weighted by molar-refractivity contribution is 4.92. The summed E-state index contributed by atoms with van der Waals surface area (Å²) in [5.74, 6) is 3.97. The quantitative estimate of drug-likeness (QED) is 0.510. The van der Waals surface area contributed by atoms with Crippen LogP contribution in [-0.4, -0.2) is 0 Å². The Morgan fingerprint density at radius 1 is 0.778 bits per heavy atom. The second kappa shape index (κ2) is 8.77. The molecule has 1 saturated carbocycles. The Hall–Kier alpha value is -0.260. The van der Waals surface area contributed by atoms with Crippen LogP contribution < -0.4 is 0 Å². The molecule has 0 aromatic rings. The van der Waals surface area contributed by atoms with E-state index in [-0.39, 0.29) is 0 Å². The van der Waals surface area contributed by atoms with Crippen molar-refractivity contribution in [1.29, 1.82) is 0 Å². The van der Waals surface area contributed by atoms with Gasteiger partial charge in [-0.3, -0.25) is 0 Å². The highest BCUT2D eigenvalue weighted by Gasteiger charge is 2.18. The summed E-state index contributed by atoms with van der Waals surface area (Å²) in [7, 11) is 0. The summed E-state index contributed by atoms with van der Waals surface area (Å²) >= 11 is 0. The molecule has 0 heterocycles. The minimum Gasteiger partial charge on any atom is -0.0883 e. The van der Waals surface area contributed by atoms with Crippen LogP contribution in [0.5, 0.6) is 0 Å². The number of allylic oxidation sites excluding steroid dienone is 2. The van der Waals surface area contributed by atoms with Crippen LogP contribution in [0.1, 0.15) is 79.1 Å². The SMILES string of the molecule is CCC1CC=CCC1C.CCC1CCCCC1C. The molecule has 4 atom stereocenters. The van der Waals surface area contributed by atoms with Gasteiger partial charge in [-0.1, -0.05) is 78.4 Å². The molecule has 0 aliphatic heterocycles. The third-order valence-electron chi connectivity index (χ3n) is 5.26. The van der Waals surface area contributed by atoms with E-state index in [1.165, 1.54) is 51.4 Å². The molecule has 0 radical (unpaired) electrons. The normalized spacial score (nSPS) is 35.8. The maximum atomic E-state index is 2.41. The van der Waals surface area contributed by atoms with Gasteiger partial charge < -0.3 is 0 Å². The third kappa shape index (κ3) is 5.16. The highest BCUT2D eigenvalue weighted by atomic mass is 14.2. The molecule has 0 saturated heterocycles. The van der Waals surface area contributed by atoms with Gasteiger partial charge in [0.15, 0.2) is 0 Å². The fraction of sp³-hybridized carbons (Fsp3) is 0.889. The van der Waals surface area contributed by atoms with Crippen molar-refractivity contribution >= 4 is 0 Å². The molecular formula is C18H34. The molecule has 0 spiro atoms. The molecule has 0 N–H and O–H groups in total. The summed E-state index contributed by atoms with van der Waals surface area (Å²) in [5.41, 5.74) is 0. The molecule has 0 aromatic carbocycles. The van der Waals surface area contributed by atoms with Crippen LogP contribution in [-0.2, 0) is 0 Å². The van der Waals surface area contributed by atoms with E-state index in [4.69, 9.17) is 0 Å². The van der Waals surface area contributed by atoms with Crippen LogP contribution in [0.25, 0.3) is 0 Å². The molecule has 0 nitrogen and oxygen atoms in total. The first-order chi connectivity index (χ1) is 8.69. The van der Waals surface area contributed by atoms with Crippen molar-refractivity contribution in [3.8, 4) is 0 Å². The van der Waals surface area contributed by atoms with Crippen LogP contribution in [0.15, 0.2) is 12.2 Å². The Bertz CT molecular complexity index is 228. The van der Waals surface area contributed by atoms with Crippen molar-refractivity contribution in [1.82, 2.24) is 0 Å². The van der Waals surface area contributed by atoms with Gasteiger partial charge in [-0.25, -0.2) is 0 Å². The molecule has 0 heteroatoms. The van der Waals surface area contributed by atoms with E-state index in [9.17, 15) is 0 Å². The Labute approximate surface area is 115 Å². The van der Waals surface area contributed by atoms with Crippen molar-refractivity contribution in [3.63, 3.8) is 0 Å². The largest absolute Gasteiger partial charge is 0.0883 e. The predicted molar refractivity (Wildman–Crippen MR) is 82.7 cm³/mol. The van der Waals surface area contributed by atoms with Crippen LogP contribution >= 0.6 is 0 Å². The van der Waals surface area contributed by atoms with Gasteiger partial charge in [0.1, 0.15) is 0 Å². The molecule has 2 aliphatic rings. The average Bonchev–Trinajstić information content (AvgIpc) is 2.41. The minimum absolute atomic E-state index is 0.931. The molecule has 2 rings (SSSR count). The van der Waals surface area contributed by atoms with Gasteiger partial charge in [-0.15, -0.1) is 0 Å². The average molecular weight is 250 g/mol. The van der Waals surface area contributed by atoms with Gasteiger partial charge in [0, 0.05) is 0 Å². The Kier molecular flexibility index (Phi) is 7.70. The third-order valence-corrected chi connectivity index (χ3v) is 5.26. The molecule has 1 fully saturated rings. The first kappa shape index (κ1) is 15.8. The monoisotopic (exact) mass is 250 g/mol. The Balaban J connectivity index is 0.000000180. The van der Waals surface area contributed by atoms with Gasteiger partial charge in [-0.05, 0) is 36.5 Å². The van der Waals surface area contributed by atoms with Crippen LogP contribution in [0.3, 0.4) is 0 Å². The van der Waals surface area contributed by atoms with Crippen molar-refractivity contribution in [2.75, 3.05) is 0 Å². The van der Waals surface area contributed by atoms with Gasteiger partial charge in [0.2, 0.25) is 0 Å². The minimum atomic E-state index is 0.931. The van der Waals surface area contributed by atoms with Gasteiger partial charge in [0.05, 0.1) is 0 Å². The number of hydrogen-bond donors (Lipinski definition) is 0. The summed E-state index contributed by atoms with van der Waals surface area (Å²) in [6, 6.07) is 0. The molecule has 0 amide bonds. The van der Waals surface area contributed by atoms with Gasteiger partial charge >= 0.3 is 0 Å². The van der Waals surface area contributed by atoms with E-state index in [1.54, 1.807) is 0 Å². The van der Waals surface area contributed by atoms with Gasteiger partial charge in [-0.2, -0.15) is 0 Å². The van der Waals surface area contributed by atoms with Crippen molar-refractivity contribution in [2.45, 2.75) is 79.1 Å². The maximum absolute atomic E-state index is 2.41. The van der Waals surface area contributed by atoms with Crippen molar-refractivity contribution in [2.24, 2.45) is 23.7 Å². The summed E-state index contributed by atoms with van der Waals surface area (Å²) in [6.07, 6.45) is 16.0. The lowest BCUT2D eigenvalue weighted by Crippen LogP contribution is -2.15. The van der Waals surface area contributed by atoms with E-state index >= 15 is 0 Å². The number of rotatable bonds is 2. The Morgan fingerprint density at radius 2 is 1.39 bits per heavy atom. The molecule has 18 heavy (non-hydrogen) atoms. The standard InChI is InChI=1S/C9H18.C9H16/c2*1-3-9-7-5-4-6-8(9)2/h8-9H,3-7H2,1-2H3;4-5,8-9H,3,6-7H2,1-2H3. The first-order valence-electron chi connectivity index (χ1n) is 8.33. The molecule has 106 valence electrons. The second-order valence-electron chi connectivity index (χ2n) is 6.52. The fourth-order valence-electron chi connectivity index (χ4n) is 3.58. The Morgan fingerprint density at radius 3 is 1.83 bits per heavy atom. The summed E-state index contributed by atoms with van der Waals surface area (Å²) in [4.78, 5) is 0. The fourth-order valence-corrected chi connectivity index (χ4v) is 3.58.